The lowest BCUT2D eigenvalue weighted by Crippen LogP contribution is -1.97. The van der Waals surface area contributed by atoms with Crippen molar-refractivity contribution in [2.45, 2.75) is 0 Å². The standard InChI is InChI=1S/C7H6N4O2.ClH/c8-7-9-5-3-4(6(12)13)1-2-11(5)10-7;/h1-3H,(H2,8,10)(H,12,13);1H. The molecule has 7 heteroatoms. The molecule has 0 saturated heterocycles. The van der Waals surface area contributed by atoms with Gasteiger partial charge in [0.05, 0.1) is 5.56 Å². The highest BCUT2D eigenvalue weighted by atomic mass is 35.5. The number of fused-ring (bicyclic) bond motifs is 1. The van der Waals surface area contributed by atoms with Crippen LogP contribution in [-0.2, 0) is 0 Å². The van der Waals surface area contributed by atoms with Crippen LogP contribution in [0.3, 0.4) is 0 Å². The van der Waals surface area contributed by atoms with Gasteiger partial charge in [-0.05, 0) is 12.1 Å². The van der Waals surface area contributed by atoms with Crippen LogP contribution in [0.1, 0.15) is 10.4 Å². The van der Waals surface area contributed by atoms with E-state index in [1.807, 2.05) is 0 Å². The number of nitrogens with two attached hydrogens (primary N) is 1. The van der Waals surface area contributed by atoms with Crippen molar-refractivity contribution in [2.24, 2.45) is 0 Å². The van der Waals surface area contributed by atoms with Gasteiger partial charge in [-0.2, -0.15) is 4.98 Å². The number of carboxylic acid groups (broad SMARTS) is 1. The summed E-state index contributed by atoms with van der Waals surface area (Å²) in [4.78, 5) is 14.4. The number of anilines is 1. The summed E-state index contributed by atoms with van der Waals surface area (Å²) < 4.78 is 1.42. The molecule has 0 aliphatic heterocycles. The average molecular weight is 215 g/mol. The molecular formula is C7H7ClN4O2. The lowest BCUT2D eigenvalue weighted by Gasteiger charge is -1.93. The number of hydrogen-bond donors (Lipinski definition) is 2. The summed E-state index contributed by atoms with van der Waals surface area (Å²) in [6.07, 6.45) is 1.50. The third-order valence-electron chi connectivity index (χ3n) is 1.60. The van der Waals surface area contributed by atoms with Crippen molar-refractivity contribution in [1.29, 1.82) is 0 Å². The van der Waals surface area contributed by atoms with E-state index in [0.717, 1.165) is 0 Å². The fourth-order valence-corrected chi connectivity index (χ4v) is 1.03. The van der Waals surface area contributed by atoms with Crippen LogP contribution in [0.15, 0.2) is 18.3 Å². The predicted molar refractivity (Wildman–Crippen MR) is 51.6 cm³/mol. The Bertz CT molecular complexity index is 481. The third-order valence-corrected chi connectivity index (χ3v) is 1.60. The molecule has 2 aromatic rings. The molecule has 0 fully saturated rings. The number of carboxylic acids is 1. The summed E-state index contributed by atoms with van der Waals surface area (Å²) in [5.74, 6) is -0.869. The molecule has 0 amide bonds. The van der Waals surface area contributed by atoms with Crippen LogP contribution < -0.4 is 5.73 Å². The Balaban J connectivity index is 0.000000980. The Labute approximate surface area is 84.8 Å². The number of aromatic carboxylic acids is 1. The fraction of sp³-hybridized carbons (Fsp3) is 0. The minimum absolute atomic E-state index is 0. The van der Waals surface area contributed by atoms with E-state index in [1.54, 1.807) is 0 Å². The van der Waals surface area contributed by atoms with Crippen molar-refractivity contribution < 1.29 is 9.90 Å². The van der Waals surface area contributed by atoms with Crippen LogP contribution >= 0.6 is 12.4 Å². The zero-order chi connectivity index (χ0) is 9.42. The van der Waals surface area contributed by atoms with Crippen LogP contribution in [0.5, 0.6) is 0 Å². The molecule has 14 heavy (non-hydrogen) atoms. The van der Waals surface area contributed by atoms with Crippen molar-refractivity contribution in [3.8, 4) is 0 Å². The second-order valence-corrected chi connectivity index (χ2v) is 2.49. The van der Waals surface area contributed by atoms with Gasteiger partial charge in [0.25, 0.3) is 0 Å². The lowest BCUT2D eigenvalue weighted by molar-refractivity contribution is 0.0697. The predicted octanol–water partition coefficient (Wildman–Crippen LogP) is 0.431. The Kier molecular flexibility index (Phi) is 2.57. The van der Waals surface area contributed by atoms with E-state index < -0.39 is 5.97 Å². The molecule has 0 spiro atoms. The van der Waals surface area contributed by atoms with E-state index in [0.29, 0.717) is 5.65 Å². The van der Waals surface area contributed by atoms with E-state index in [4.69, 9.17) is 10.8 Å². The number of rotatable bonds is 1. The normalized spacial score (nSPS) is 9.71. The zero-order valence-corrected chi connectivity index (χ0v) is 7.73. The summed E-state index contributed by atoms with van der Waals surface area (Å²) in [5.41, 5.74) is 5.92. The minimum atomic E-state index is -0.996. The molecule has 0 bridgehead atoms. The van der Waals surface area contributed by atoms with Crippen molar-refractivity contribution in [3.05, 3.63) is 23.9 Å². The van der Waals surface area contributed by atoms with Gasteiger partial charge in [-0.25, -0.2) is 9.31 Å². The molecule has 2 aromatic heterocycles. The van der Waals surface area contributed by atoms with Gasteiger partial charge >= 0.3 is 5.97 Å². The van der Waals surface area contributed by atoms with Crippen molar-refractivity contribution >= 4 is 30.0 Å². The van der Waals surface area contributed by atoms with Gasteiger partial charge in [0.15, 0.2) is 5.65 Å². The van der Waals surface area contributed by atoms with Gasteiger partial charge in [-0.1, -0.05) is 0 Å². The first kappa shape index (κ1) is 10.3. The van der Waals surface area contributed by atoms with Crippen molar-refractivity contribution in [2.75, 3.05) is 5.73 Å². The highest BCUT2D eigenvalue weighted by molar-refractivity contribution is 5.88. The first-order chi connectivity index (χ1) is 6.16. The fourth-order valence-electron chi connectivity index (χ4n) is 1.03. The highest BCUT2D eigenvalue weighted by Gasteiger charge is 2.05. The molecular weight excluding hydrogens is 208 g/mol. The number of nitrogens with zero attached hydrogens (tertiary/aromatic N) is 3. The number of pyridine rings is 1. The van der Waals surface area contributed by atoms with Crippen molar-refractivity contribution in [3.63, 3.8) is 0 Å². The number of nitrogen functional groups attached to an aromatic ring is 1. The molecule has 6 nitrogen and oxygen atoms in total. The smallest absolute Gasteiger partial charge is 0.335 e. The molecule has 74 valence electrons. The number of aromatic nitrogens is 3. The zero-order valence-electron chi connectivity index (χ0n) is 6.91. The van der Waals surface area contributed by atoms with E-state index in [1.165, 1.54) is 22.8 Å². The third kappa shape index (κ3) is 1.60. The summed E-state index contributed by atoms with van der Waals surface area (Å²) in [6.45, 7) is 0. The quantitative estimate of drug-likeness (QED) is 0.718. The van der Waals surface area contributed by atoms with E-state index in [2.05, 4.69) is 10.1 Å². The molecule has 2 heterocycles. The van der Waals surface area contributed by atoms with E-state index in [-0.39, 0.29) is 23.9 Å². The Morgan fingerprint density at radius 2 is 2.29 bits per heavy atom. The Morgan fingerprint density at radius 3 is 2.93 bits per heavy atom. The minimum Gasteiger partial charge on any atom is -0.478 e. The van der Waals surface area contributed by atoms with Crippen molar-refractivity contribution in [1.82, 2.24) is 14.6 Å². The molecule has 0 aromatic carbocycles. The first-order valence-corrected chi connectivity index (χ1v) is 3.52. The molecule has 0 saturated carbocycles. The maximum absolute atomic E-state index is 10.6. The van der Waals surface area contributed by atoms with Crippen LogP contribution in [0.4, 0.5) is 5.95 Å². The SMILES string of the molecule is Cl.Nc1nc2cc(C(=O)O)ccn2n1. The van der Waals surface area contributed by atoms with Crippen LogP contribution in [0.25, 0.3) is 5.65 Å². The van der Waals surface area contributed by atoms with Gasteiger partial charge in [-0.3, -0.25) is 0 Å². The largest absolute Gasteiger partial charge is 0.478 e. The molecule has 0 aliphatic carbocycles. The number of halogens is 1. The van der Waals surface area contributed by atoms with E-state index >= 15 is 0 Å². The Morgan fingerprint density at radius 1 is 1.57 bits per heavy atom. The lowest BCUT2D eigenvalue weighted by atomic mass is 10.3. The monoisotopic (exact) mass is 214 g/mol. The molecule has 0 aliphatic rings. The molecule has 0 atom stereocenters. The molecule has 2 rings (SSSR count). The molecule has 3 N–H and O–H groups in total. The summed E-state index contributed by atoms with van der Waals surface area (Å²) in [7, 11) is 0. The van der Waals surface area contributed by atoms with Gasteiger partial charge in [-0.15, -0.1) is 17.5 Å². The number of hydrogen-bond acceptors (Lipinski definition) is 4. The summed E-state index contributed by atoms with van der Waals surface area (Å²) >= 11 is 0. The van der Waals surface area contributed by atoms with Crippen LogP contribution in [0.2, 0.25) is 0 Å². The van der Waals surface area contributed by atoms with Crippen LogP contribution in [0, 0.1) is 0 Å². The summed E-state index contributed by atoms with van der Waals surface area (Å²) in [5, 5.41) is 12.5. The second-order valence-electron chi connectivity index (χ2n) is 2.49. The first-order valence-electron chi connectivity index (χ1n) is 3.52. The number of carbonyl (C=O) groups is 1. The van der Waals surface area contributed by atoms with Gasteiger partial charge in [0.2, 0.25) is 5.95 Å². The van der Waals surface area contributed by atoms with Crippen LogP contribution in [-0.4, -0.2) is 25.7 Å². The second kappa shape index (κ2) is 3.51. The maximum atomic E-state index is 10.6. The van der Waals surface area contributed by atoms with Gasteiger partial charge in [0, 0.05) is 6.20 Å². The summed E-state index contributed by atoms with van der Waals surface area (Å²) in [6, 6.07) is 2.84. The molecule has 0 radical (unpaired) electrons. The Hall–Kier alpha value is -1.82. The highest BCUT2D eigenvalue weighted by Crippen LogP contribution is 2.05. The van der Waals surface area contributed by atoms with Gasteiger partial charge in [0.1, 0.15) is 0 Å². The average Bonchev–Trinajstić information content (AvgIpc) is 2.42. The van der Waals surface area contributed by atoms with E-state index in [9.17, 15) is 4.79 Å². The topological polar surface area (TPSA) is 93.5 Å². The molecule has 0 unspecified atom stereocenters. The van der Waals surface area contributed by atoms with Gasteiger partial charge < -0.3 is 10.8 Å². The maximum Gasteiger partial charge on any atom is 0.335 e.